The molecule has 1 rings (SSSR count). The monoisotopic (exact) mass is 225 g/mol. The first kappa shape index (κ1) is 14.0. The summed E-state index contributed by atoms with van der Waals surface area (Å²) in [4.78, 5) is 0. The molecule has 1 aliphatic rings. The topological polar surface area (TPSA) is 12.0 Å². The van der Waals surface area contributed by atoms with Crippen LogP contribution in [0.5, 0.6) is 0 Å². The van der Waals surface area contributed by atoms with Crippen LogP contribution >= 0.6 is 0 Å². The van der Waals surface area contributed by atoms with E-state index in [0.717, 1.165) is 11.8 Å². The van der Waals surface area contributed by atoms with Crippen molar-refractivity contribution in [1.29, 1.82) is 0 Å². The Morgan fingerprint density at radius 1 is 0.938 bits per heavy atom. The fraction of sp³-hybridized carbons (Fsp3) is 1.00. The molecule has 0 spiro atoms. The van der Waals surface area contributed by atoms with Crippen LogP contribution in [0.25, 0.3) is 0 Å². The third-order valence-corrected chi connectivity index (χ3v) is 4.16. The Morgan fingerprint density at radius 3 is 2.19 bits per heavy atom. The molecule has 96 valence electrons. The minimum Gasteiger partial charge on any atom is -0.317 e. The van der Waals surface area contributed by atoms with Crippen LogP contribution in [0, 0.1) is 11.8 Å². The molecule has 0 aromatic heterocycles. The molecule has 1 fully saturated rings. The molecule has 1 atom stereocenters. The van der Waals surface area contributed by atoms with E-state index < -0.39 is 0 Å². The number of hydrogen-bond donors (Lipinski definition) is 1. The van der Waals surface area contributed by atoms with Crippen molar-refractivity contribution >= 4 is 0 Å². The molecule has 0 bridgehead atoms. The highest BCUT2D eigenvalue weighted by molar-refractivity contribution is 4.76. The maximum absolute atomic E-state index is 3.49. The van der Waals surface area contributed by atoms with Crippen molar-refractivity contribution < 1.29 is 0 Å². The first-order chi connectivity index (χ1) is 7.88. The zero-order valence-corrected chi connectivity index (χ0v) is 11.4. The zero-order chi connectivity index (χ0) is 11.6. The van der Waals surface area contributed by atoms with Gasteiger partial charge in [-0.3, -0.25) is 0 Å². The molecule has 0 amide bonds. The van der Waals surface area contributed by atoms with Crippen molar-refractivity contribution in [3.63, 3.8) is 0 Å². The van der Waals surface area contributed by atoms with Crippen LogP contribution in [0.3, 0.4) is 0 Å². The second-order valence-electron chi connectivity index (χ2n) is 5.49. The van der Waals surface area contributed by atoms with Gasteiger partial charge in [0.1, 0.15) is 0 Å². The lowest BCUT2D eigenvalue weighted by Gasteiger charge is -2.31. The predicted octanol–water partition coefficient (Wildman–Crippen LogP) is 4.37. The number of rotatable bonds is 8. The molecule has 0 aromatic carbocycles. The van der Waals surface area contributed by atoms with Gasteiger partial charge in [0.25, 0.3) is 0 Å². The summed E-state index contributed by atoms with van der Waals surface area (Å²) < 4.78 is 0. The Morgan fingerprint density at radius 2 is 1.56 bits per heavy atom. The predicted molar refractivity (Wildman–Crippen MR) is 72.8 cm³/mol. The summed E-state index contributed by atoms with van der Waals surface area (Å²) >= 11 is 0. The Bertz CT molecular complexity index is 150. The largest absolute Gasteiger partial charge is 0.317 e. The third kappa shape index (κ3) is 5.34. The fourth-order valence-electron chi connectivity index (χ4n) is 3.05. The Hall–Kier alpha value is -0.0400. The molecule has 0 aliphatic carbocycles. The smallest absolute Gasteiger partial charge is 0.00462 e. The average Bonchev–Trinajstić information content (AvgIpc) is 2.35. The van der Waals surface area contributed by atoms with E-state index in [9.17, 15) is 0 Å². The number of piperidine rings is 1. The van der Waals surface area contributed by atoms with Crippen LogP contribution in [0.2, 0.25) is 0 Å². The fourth-order valence-corrected chi connectivity index (χ4v) is 3.05. The van der Waals surface area contributed by atoms with E-state index in [1.807, 2.05) is 0 Å². The Kier molecular flexibility index (Phi) is 7.92. The molecule has 0 aromatic rings. The molecule has 1 nitrogen and oxygen atoms in total. The van der Waals surface area contributed by atoms with Crippen LogP contribution < -0.4 is 5.32 Å². The first-order valence-corrected chi connectivity index (χ1v) is 7.59. The maximum Gasteiger partial charge on any atom is -0.00462 e. The molecule has 1 heterocycles. The first-order valence-electron chi connectivity index (χ1n) is 7.59. The molecule has 16 heavy (non-hydrogen) atoms. The quantitative estimate of drug-likeness (QED) is 0.605. The molecule has 1 saturated heterocycles. The van der Waals surface area contributed by atoms with Gasteiger partial charge in [-0.1, -0.05) is 58.8 Å². The summed E-state index contributed by atoms with van der Waals surface area (Å²) in [7, 11) is 0. The van der Waals surface area contributed by atoms with Gasteiger partial charge < -0.3 is 5.32 Å². The van der Waals surface area contributed by atoms with Gasteiger partial charge in [-0.05, 0) is 37.8 Å². The van der Waals surface area contributed by atoms with Gasteiger partial charge in [0.15, 0.2) is 0 Å². The van der Waals surface area contributed by atoms with E-state index >= 15 is 0 Å². The second kappa shape index (κ2) is 9.04. The van der Waals surface area contributed by atoms with E-state index in [0.29, 0.717) is 0 Å². The van der Waals surface area contributed by atoms with Crippen molar-refractivity contribution in [2.24, 2.45) is 11.8 Å². The third-order valence-electron chi connectivity index (χ3n) is 4.16. The standard InChI is InChI=1S/C15H31N/c1-3-5-7-9-14(8-6-4-2)15-10-12-16-13-11-15/h14-16H,3-13H2,1-2H3. The Balaban J connectivity index is 2.28. The molecular weight excluding hydrogens is 194 g/mol. The normalized spacial score (nSPS) is 19.9. The van der Waals surface area contributed by atoms with Crippen molar-refractivity contribution in [2.45, 2.75) is 71.6 Å². The van der Waals surface area contributed by atoms with E-state index in [4.69, 9.17) is 0 Å². The highest BCUT2D eigenvalue weighted by atomic mass is 14.9. The van der Waals surface area contributed by atoms with E-state index in [2.05, 4.69) is 19.2 Å². The number of unbranched alkanes of at least 4 members (excludes halogenated alkanes) is 3. The summed E-state index contributed by atoms with van der Waals surface area (Å²) in [5.74, 6) is 2.07. The summed E-state index contributed by atoms with van der Waals surface area (Å²) in [5.41, 5.74) is 0. The van der Waals surface area contributed by atoms with Crippen LogP contribution in [0.4, 0.5) is 0 Å². The molecule has 0 saturated carbocycles. The molecule has 1 N–H and O–H groups in total. The van der Waals surface area contributed by atoms with Gasteiger partial charge in [0, 0.05) is 0 Å². The summed E-state index contributed by atoms with van der Waals surface area (Å²) in [6.45, 7) is 7.17. The summed E-state index contributed by atoms with van der Waals surface area (Å²) in [5, 5.41) is 3.49. The lowest BCUT2D eigenvalue weighted by Crippen LogP contribution is -2.31. The van der Waals surface area contributed by atoms with Crippen molar-refractivity contribution in [3.8, 4) is 0 Å². The zero-order valence-electron chi connectivity index (χ0n) is 11.4. The van der Waals surface area contributed by atoms with Crippen molar-refractivity contribution in [3.05, 3.63) is 0 Å². The average molecular weight is 225 g/mol. The minimum atomic E-state index is 1.03. The second-order valence-corrected chi connectivity index (χ2v) is 5.49. The van der Waals surface area contributed by atoms with Crippen LogP contribution in [0.1, 0.15) is 71.6 Å². The molecular formula is C15H31N. The highest BCUT2D eigenvalue weighted by Crippen LogP contribution is 2.30. The van der Waals surface area contributed by atoms with Gasteiger partial charge in [-0.2, -0.15) is 0 Å². The van der Waals surface area contributed by atoms with Crippen LogP contribution in [-0.2, 0) is 0 Å². The van der Waals surface area contributed by atoms with Crippen molar-refractivity contribution in [1.82, 2.24) is 5.32 Å². The maximum atomic E-state index is 3.49. The lowest BCUT2D eigenvalue weighted by atomic mass is 9.79. The van der Waals surface area contributed by atoms with Gasteiger partial charge in [0.05, 0.1) is 0 Å². The number of nitrogens with one attached hydrogen (secondary N) is 1. The molecule has 0 radical (unpaired) electrons. The van der Waals surface area contributed by atoms with Crippen molar-refractivity contribution in [2.75, 3.05) is 13.1 Å². The lowest BCUT2D eigenvalue weighted by molar-refractivity contribution is 0.225. The minimum absolute atomic E-state index is 1.03. The van der Waals surface area contributed by atoms with Gasteiger partial charge in [0.2, 0.25) is 0 Å². The summed E-state index contributed by atoms with van der Waals surface area (Å²) in [6.07, 6.45) is 12.9. The van der Waals surface area contributed by atoms with Crippen LogP contribution in [0.15, 0.2) is 0 Å². The molecule has 1 unspecified atom stereocenters. The van der Waals surface area contributed by atoms with E-state index in [1.165, 1.54) is 70.9 Å². The van der Waals surface area contributed by atoms with E-state index in [-0.39, 0.29) is 0 Å². The van der Waals surface area contributed by atoms with Gasteiger partial charge in [-0.15, -0.1) is 0 Å². The SMILES string of the molecule is CCCCCC(CCCC)C1CCNCC1. The van der Waals surface area contributed by atoms with E-state index in [1.54, 1.807) is 0 Å². The number of hydrogen-bond acceptors (Lipinski definition) is 1. The highest BCUT2D eigenvalue weighted by Gasteiger charge is 2.22. The Labute approximate surface area is 102 Å². The molecule has 1 heteroatoms. The summed E-state index contributed by atoms with van der Waals surface area (Å²) in [6, 6.07) is 0. The molecule has 1 aliphatic heterocycles. The van der Waals surface area contributed by atoms with Gasteiger partial charge in [-0.25, -0.2) is 0 Å². The van der Waals surface area contributed by atoms with Gasteiger partial charge >= 0.3 is 0 Å². The van der Waals surface area contributed by atoms with Crippen LogP contribution in [-0.4, -0.2) is 13.1 Å².